The van der Waals surface area contributed by atoms with Crippen molar-refractivity contribution in [2.75, 3.05) is 0 Å². The predicted molar refractivity (Wildman–Crippen MR) is 58.4 cm³/mol. The highest BCUT2D eigenvalue weighted by Gasteiger charge is 2.07. The van der Waals surface area contributed by atoms with Gasteiger partial charge in [-0.15, -0.1) is 0 Å². The van der Waals surface area contributed by atoms with Crippen molar-refractivity contribution in [3.05, 3.63) is 29.5 Å². The lowest BCUT2D eigenvalue weighted by atomic mass is 9.98. The standard InChI is InChI=1S/C11H13NS/c1-7(2)9-4-8(3)5-11-10(9)6-12-13-11/h4-7H,1-3H3. The molecule has 0 spiro atoms. The van der Waals surface area contributed by atoms with E-state index in [1.165, 1.54) is 21.2 Å². The van der Waals surface area contributed by atoms with Gasteiger partial charge in [0.2, 0.25) is 0 Å². The van der Waals surface area contributed by atoms with Gasteiger partial charge in [0, 0.05) is 11.6 Å². The first-order chi connectivity index (χ1) is 6.18. The number of rotatable bonds is 1. The van der Waals surface area contributed by atoms with Gasteiger partial charge >= 0.3 is 0 Å². The molecule has 68 valence electrons. The van der Waals surface area contributed by atoms with Gasteiger partial charge in [-0.25, -0.2) is 0 Å². The maximum atomic E-state index is 4.23. The summed E-state index contributed by atoms with van der Waals surface area (Å²) in [5.74, 6) is 0.582. The van der Waals surface area contributed by atoms with Gasteiger partial charge in [-0.3, -0.25) is 0 Å². The highest BCUT2D eigenvalue weighted by Crippen LogP contribution is 2.28. The van der Waals surface area contributed by atoms with Crippen molar-refractivity contribution >= 4 is 21.6 Å². The zero-order valence-electron chi connectivity index (χ0n) is 8.16. The molecule has 2 rings (SSSR count). The Kier molecular flexibility index (Phi) is 2.08. The Morgan fingerprint density at radius 1 is 1.31 bits per heavy atom. The molecule has 0 saturated carbocycles. The number of hydrogen-bond acceptors (Lipinski definition) is 2. The summed E-state index contributed by atoms with van der Waals surface area (Å²) in [7, 11) is 0. The molecule has 1 aromatic carbocycles. The van der Waals surface area contributed by atoms with E-state index in [9.17, 15) is 0 Å². The van der Waals surface area contributed by atoms with Crippen LogP contribution in [0.1, 0.15) is 30.9 Å². The Hall–Kier alpha value is -0.890. The molecule has 0 amide bonds. The average Bonchev–Trinajstić information content (AvgIpc) is 2.49. The molecule has 0 bridgehead atoms. The van der Waals surface area contributed by atoms with Crippen LogP contribution in [0.15, 0.2) is 18.3 Å². The third-order valence-electron chi connectivity index (χ3n) is 2.27. The minimum atomic E-state index is 0.582. The summed E-state index contributed by atoms with van der Waals surface area (Å²) < 4.78 is 5.54. The molecule has 2 heteroatoms. The number of fused-ring (bicyclic) bond motifs is 1. The van der Waals surface area contributed by atoms with Crippen molar-refractivity contribution in [2.24, 2.45) is 0 Å². The maximum absolute atomic E-state index is 4.23. The Morgan fingerprint density at radius 3 is 2.77 bits per heavy atom. The largest absolute Gasteiger partial charge is 0.200 e. The molecule has 1 aromatic heterocycles. The van der Waals surface area contributed by atoms with E-state index >= 15 is 0 Å². The molecule has 0 aliphatic rings. The molecular weight excluding hydrogens is 178 g/mol. The zero-order chi connectivity index (χ0) is 9.42. The Labute approximate surface area is 82.6 Å². The van der Waals surface area contributed by atoms with Crippen molar-refractivity contribution in [1.29, 1.82) is 0 Å². The van der Waals surface area contributed by atoms with Crippen LogP contribution in [-0.4, -0.2) is 4.37 Å². The summed E-state index contributed by atoms with van der Waals surface area (Å²) in [6.07, 6.45) is 1.98. The van der Waals surface area contributed by atoms with E-state index in [1.807, 2.05) is 6.20 Å². The summed E-state index contributed by atoms with van der Waals surface area (Å²) in [4.78, 5) is 0. The molecule has 0 unspecified atom stereocenters. The van der Waals surface area contributed by atoms with Gasteiger partial charge in [0.15, 0.2) is 0 Å². The van der Waals surface area contributed by atoms with Crippen molar-refractivity contribution in [1.82, 2.24) is 4.37 Å². The van der Waals surface area contributed by atoms with Gasteiger partial charge in [0.05, 0.1) is 4.70 Å². The monoisotopic (exact) mass is 191 g/mol. The van der Waals surface area contributed by atoms with Gasteiger partial charge < -0.3 is 0 Å². The molecule has 0 N–H and O–H groups in total. The molecular formula is C11H13NS. The second kappa shape index (κ2) is 3.11. The van der Waals surface area contributed by atoms with Crippen LogP contribution >= 0.6 is 11.5 Å². The topological polar surface area (TPSA) is 12.9 Å². The minimum absolute atomic E-state index is 0.582. The van der Waals surface area contributed by atoms with E-state index in [-0.39, 0.29) is 0 Å². The minimum Gasteiger partial charge on any atom is -0.200 e. The van der Waals surface area contributed by atoms with Crippen molar-refractivity contribution < 1.29 is 0 Å². The number of aromatic nitrogens is 1. The van der Waals surface area contributed by atoms with Crippen LogP contribution in [0.3, 0.4) is 0 Å². The quantitative estimate of drug-likeness (QED) is 0.669. The molecule has 0 aliphatic heterocycles. The highest BCUT2D eigenvalue weighted by molar-refractivity contribution is 7.13. The second-order valence-electron chi connectivity index (χ2n) is 3.75. The first kappa shape index (κ1) is 8.70. The number of benzene rings is 1. The first-order valence-corrected chi connectivity index (χ1v) is 5.31. The SMILES string of the molecule is Cc1cc(C(C)C)c2cnsc2c1. The van der Waals surface area contributed by atoms with Crippen molar-refractivity contribution in [3.8, 4) is 0 Å². The van der Waals surface area contributed by atoms with Gasteiger partial charge in [-0.1, -0.05) is 19.9 Å². The summed E-state index contributed by atoms with van der Waals surface area (Å²) in [5, 5.41) is 1.32. The fourth-order valence-corrected chi connectivity index (χ4v) is 2.40. The van der Waals surface area contributed by atoms with Gasteiger partial charge in [-0.2, -0.15) is 4.37 Å². The van der Waals surface area contributed by atoms with Crippen LogP contribution in [0.25, 0.3) is 10.1 Å². The van der Waals surface area contributed by atoms with Gasteiger partial charge in [-0.05, 0) is 41.6 Å². The highest BCUT2D eigenvalue weighted by atomic mass is 32.1. The average molecular weight is 191 g/mol. The smallest absolute Gasteiger partial charge is 0.0555 e. The van der Waals surface area contributed by atoms with E-state index in [1.54, 1.807) is 11.5 Å². The summed E-state index contributed by atoms with van der Waals surface area (Å²) in [6.45, 7) is 6.60. The Morgan fingerprint density at radius 2 is 2.08 bits per heavy atom. The number of hydrogen-bond donors (Lipinski definition) is 0. The second-order valence-corrected chi connectivity index (χ2v) is 4.58. The molecule has 0 atom stereocenters. The molecule has 1 heterocycles. The molecule has 1 nitrogen and oxygen atoms in total. The maximum Gasteiger partial charge on any atom is 0.0555 e. The Bertz CT molecular complexity index is 429. The van der Waals surface area contributed by atoms with E-state index in [0.29, 0.717) is 5.92 Å². The van der Waals surface area contributed by atoms with Gasteiger partial charge in [0.1, 0.15) is 0 Å². The van der Waals surface area contributed by atoms with E-state index in [2.05, 4.69) is 37.3 Å². The lowest BCUT2D eigenvalue weighted by Crippen LogP contribution is -1.88. The van der Waals surface area contributed by atoms with Crippen LogP contribution in [-0.2, 0) is 0 Å². The lowest BCUT2D eigenvalue weighted by molar-refractivity contribution is 0.875. The first-order valence-electron chi connectivity index (χ1n) is 4.53. The number of nitrogens with zero attached hydrogens (tertiary/aromatic N) is 1. The lowest BCUT2D eigenvalue weighted by Gasteiger charge is -2.07. The van der Waals surface area contributed by atoms with Crippen molar-refractivity contribution in [2.45, 2.75) is 26.7 Å². The van der Waals surface area contributed by atoms with Crippen LogP contribution in [0.2, 0.25) is 0 Å². The summed E-state index contributed by atoms with van der Waals surface area (Å²) in [6, 6.07) is 4.47. The third kappa shape index (κ3) is 1.46. The molecule has 0 fully saturated rings. The third-order valence-corrected chi connectivity index (χ3v) is 3.02. The molecule has 2 aromatic rings. The molecule has 0 saturated heterocycles. The number of aryl methyl sites for hydroxylation is 1. The fourth-order valence-electron chi connectivity index (χ4n) is 1.62. The van der Waals surface area contributed by atoms with Crippen molar-refractivity contribution in [3.63, 3.8) is 0 Å². The fraction of sp³-hybridized carbons (Fsp3) is 0.364. The predicted octanol–water partition coefficient (Wildman–Crippen LogP) is 3.73. The van der Waals surface area contributed by atoms with Crippen LogP contribution < -0.4 is 0 Å². The van der Waals surface area contributed by atoms with E-state index in [4.69, 9.17) is 0 Å². The van der Waals surface area contributed by atoms with Gasteiger partial charge in [0.25, 0.3) is 0 Å². The zero-order valence-corrected chi connectivity index (χ0v) is 8.98. The van der Waals surface area contributed by atoms with Crippen LogP contribution in [0.5, 0.6) is 0 Å². The van der Waals surface area contributed by atoms with E-state index in [0.717, 1.165) is 0 Å². The summed E-state index contributed by atoms with van der Waals surface area (Å²) in [5.41, 5.74) is 2.75. The normalized spacial score (nSPS) is 11.4. The molecule has 13 heavy (non-hydrogen) atoms. The van der Waals surface area contributed by atoms with Crippen LogP contribution in [0.4, 0.5) is 0 Å². The molecule has 0 radical (unpaired) electrons. The Balaban J connectivity index is 2.77. The summed E-state index contributed by atoms with van der Waals surface area (Å²) >= 11 is 1.58. The molecule has 0 aliphatic carbocycles. The van der Waals surface area contributed by atoms with E-state index < -0.39 is 0 Å². The van der Waals surface area contributed by atoms with Crippen LogP contribution in [0, 0.1) is 6.92 Å².